The summed E-state index contributed by atoms with van der Waals surface area (Å²) in [5, 5.41) is 3.04. The molecule has 27 heavy (non-hydrogen) atoms. The van der Waals surface area contributed by atoms with Gasteiger partial charge in [0.15, 0.2) is 0 Å². The van der Waals surface area contributed by atoms with Crippen molar-refractivity contribution in [2.75, 3.05) is 38.0 Å². The zero-order valence-electron chi connectivity index (χ0n) is 16.8. The van der Waals surface area contributed by atoms with Crippen LogP contribution in [0.1, 0.15) is 49.7 Å². The molecule has 2 amide bonds. The predicted octanol–water partition coefficient (Wildman–Crippen LogP) is 3.36. The van der Waals surface area contributed by atoms with E-state index in [1.807, 2.05) is 26.0 Å². The molecule has 0 unspecified atom stereocenters. The van der Waals surface area contributed by atoms with Crippen molar-refractivity contribution in [1.29, 1.82) is 0 Å². The van der Waals surface area contributed by atoms with Gasteiger partial charge in [0.25, 0.3) is 0 Å². The zero-order chi connectivity index (χ0) is 19.2. The van der Waals surface area contributed by atoms with Crippen LogP contribution in [0.3, 0.4) is 0 Å². The molecule has 5 nitrogen and oxygen atoms in total. The number of nitrogens with one attached hydrogen (secondary N) is 1. The molecule has 0 aliphatic carbocycles. The van der Waals surface area contributed by atoms with Crippen LogP contribution >= 0.6 is 0 Å². The second-order valence-electron chi connectivity index (χ2n) is 8.16. The highest BCUT2D eigenvalue weighted by molar-refractivity contribution is 5.93. The minimum Gasteiger partial charge on any atom is -0.342 e. The molecular formula is C22H33N3O2. The lowest BCUT2D eigenvalue weighted by Crippen LogP contribution is -2.44. The number of carbonyl (C=O) groups excluding carboxylic acids is 2. The van der Waals surface area contributed by atoms with Crippen molar-refractivity contribution >= 4 is 17.5 Å². The monoisotopic (exact) mass is 371 g/mol. The minimum atomic E-state index is 0.0287. The molecule has 1 aromatic rings. The molecule has 0 spiro atoms. The molecule has 2 aliphatic rings. The van der Waals surface area contributed by atoms with E-state index in [-0.39, 0.29) is 11.8 Å². The summed E-state index contributed by atoms with van der Waals surface area (Å²) in [6.07, 6.45) is 6.51. The van der Waals surface area contributed by atoms with Crippen LogP contribution in [0.2, 0.25) is 0 Å². The normalized spacial score (nSPS) is 19.6. The average molecular weight is 372 g/mol. The van der Waals surface area contributed by atoms with Gasteiger partial charge in [-0.3, -0.25) is 14.5 Å². The van der Waals surface area contributed by atoms with Gasteiger partial charge in [-0.05, 0) is 69.8 Å². The molecule has 0 saturated carbocycles. The van der Waals surface area contributed by atoms with Crippen molar-refractivity contribution in [3.05, 3.63) is 29.3 Å². The second-order valence-corrected chi connectivity index (χ2v) is 8.16. The van der Waals surface area contributed by atoms with E-state index in [2.05, 4.69) is 21.2 Å². The van der Waals surface area contributed by atoms with Gasteiger partial charge in [-0.2, -0.15) is 0 Å². The fourth-order valence-corrected chi connectivity index (χ4v) is 4.15. The van der Waals surface area contributed by atoms with E-state index in [0.29, 0.717) is 12.5 Å². The number of amides is 2. The number of benzene rings is 1. The molecule has 148 valence electrons. The minimum absolute atomic E-state index is 0.0287. The largest absolute Gasteiger partial charge is 0.342 e. The Morgan fingerprint density at radius 2 is 1.67 bits per heavy atom. The highest BCUT2D eigenvalue weighted by Gasteiger charge is 2.29. The van der Waals surface area contributed by atoms with Crippen LogP contribution in [0.15, 0.2) is 18.2 Å². The van der Waals surface area contributed by atoms with Crippen LogP contribution in [0, 0.1) is 19.8 Å². The van der Waals surface area contributed by atoms with Gasteiger partial charge in [0.05, 0.1) is 6.54 Å². The summed E-state index contributed by atoms with van der Waals surface area (Å²) >= 11 is 0. The molecule has 1 N–H and O–H groups in total. The maximum Gasteiger partial charge on any atom is 0.238 e. The van der Waals surface area contributed by atoms with Gasteiger partial charge in [-0.15, -0.1) is 0 Å². The Hall–Kier alpha value is -1.88. The summed E-state index contributed by atoms with van der Waals surface area (Å²) in [4.78, 5) is 29.4. The summed E-state index contributed by atoms with van der Waals surface area (Å²) in [5.74, 6) is 0.513. The first-order valence-electron chi connectivity index (χ1n) is 10.4. The van der Waals surface area contributed by atoms with E-state index in [1.165, 1.54) is 12.8 Å². The van der Waals surface area contributed by atoms with Gasteiger partial charge in [-0.25, -0.2) is 0 Å². The van der Waals surface area contributed by atoms with Crippen LogP contribution in [0.4, 0.5) is 5.69 Å². The van der Waals surface area contributed by atoms with E-state index >= 15 is 0 Å². The Morgan fingerprint density at radius 1 is 1.00 bits per heavy atom. The van der Waals surface area contributed by atoms with Gasteiger partial charge < -0.3 is 10.2 Å². The fraction of sp³-hybridized carbons (Fsp3) is 0.636. The Morgan fingerprint density at radius 3 is 2.33 bits per heavy atom. The van der Waals surface area contributed by atoms with E-state index in [4.69, 9.17) is 0 Å². The van der Waals surface area contributed by atoms with Crippen molar-refractivity contribution in [3.63, 3.8) is 0 Å². The summed E-state index contributed by atoms with van der Waals surface area (Å²) in [6, 6.07) is 6.10. The summed E-state index contributed by atoms with van der Waals surface area (Å²) in [6.45, 7) is 7.94. The van der Waals surface area contributed by atoms with Gasteiger partial charge in [0.2, 0.25) is 11.8 Å². The maximum absolute atomic E-state index is 12.8. The lowest BCUT2D eigenvalue weighted by atomic mass is 9.95. The van der Waals surface area contributed by atoms with E-state index in [1.54, 1.807) is 0 Å². The van der Waals surface area contributed by atoms with Crippen LogP contribution in [0.25, 0.3) is 0 Å². The van der Waals surface area contributed by atoms with Gasteiger partial charge >= 0.3 is 0 Å². The lowest BCUT2D eigenvalue weighted by Gasteiger charge is -2.33. The molecule has 2 aliphatic heterocycles. The van der Waals surface area contributed by atoms with Crippen molar-refractivity contribution in [2.45, 2.75) is 52.4 Å². The third-order valence-corrected chi connectivity index (χ3v) is 5.89. The third-order valence-electron chi connectivity index (χ3n) is 5.89. The molecule has 2 heterocycles. The number of nitrogens with zero attached hydrogens (tertiary/aromatic N) is 2. The predicted molar refractivity (Wildman–Crippen MR) is 109 cm³/mol. The first-order valence-corrected chi connectivity index (χ1v) is 10.4. The standard InChI is InChI=1S/C22H33N3O2/c1-17-7-8-18(2)20(15-17)23-21(26)16-24-13-9-19(10-14-24)22(27)25-11-5-3-4-6-12-25/h7-8,15,19H,3-6,9-14,16H2,1-2H3,(H,23,26). The van der Waals surface area contributed by atoms with E-state index < -0.39 is 0 Å². The number of hydrogen-bond acceptors (Lipinski definition) is 3. The molecule has 0 atom stereocenters. The Kier molecular flexibility index (Phi) is 6.89. The van der Waals surface area contributed by atoms with Crippen LogP contribution in [-0.2, 0) is 9.59 Å². The molecule has 0 aromatic heterocycles. The molecule has 2 fully saturated rings. The molecule has 0 bridgehead atoms. The number of hydrogen-bond donors (Lipinski definition) is 1. The van der Waals surface area contributed by atoms with Gasteiger partial charge in [0, 0.05) is 24.7 Å². The molecule has 0 radical (unpaired) electrons. The number of piperidine rings is 1. The van der Waals surface area contributed by atoms with Crippen molar-refractivity contribution in [3.8, 4) is 0 Å². The Labute approximate surface area is 163 Å². The highest BCUT2D eigenvalue weighted by atomic mass is 16.2. The van der Waals surface area contributed by atoms with Crippen molar-refractivity contribution < 1.29 is 9.59 Å². The first kappa shape index (κ1) is 19.9. The average Bonchev–Trinajstić information content (AvgIpc) is 2.94. The van der Waals surface area contributed by atoms with Gasteiger partial charge in [0.1, 0.15) is 0 Å². The van der Waals surface area contributed by atoms with Crippen LogP contribution < -0.4 is 5.32 Å². The molecule has 5 heteroatoms. The molecule has 2 saturated heterocycles. The fourth-order valence-electron chi connectivity index (χ4n) is 4.15. The molecule has 1 aromatic carbocycles. The Bertz CT molecular complexity index is 658. The highest BCUT2D eigenvalue weighted by Crippen LogP contribution is 2.22. The quantitative estimate of drug-likeness (QED) is 0.883. The summed E-state index contributed by atoms with van der Waals surface area (Å²) in [7, 11) is 0. The summed E-state index contributed by atoms with van der Waals surface area (Å²) < 4.78 is 0. The number of aryl methyl sites for hydroxylation is 2. The SMILES string of the molecule is Cc1ccc(C)c(NC(=O)CN2CCC(C(=O)N3CCCCCC3)CC2)c1. The third kappa shape index (κ3) is 5.55. The Balaban J connectivity index is 1.45. The van der Waals surface area contributed by atoms with E-state index in [9.17, 15) is 9.59 Å². The zero-order valence-corrected chi connectivity index (χ0v) is 16.8. The van der Waals surface area contributed by atoms with E-state index in [0.717, 1.165) is 68.7 Å². The van der Waals surface area contributed by atoms with Crippen LogP contribution in [-0.4, -0.2) is 54.3 Å². The topological polar surface area (TPSA) is 52.7 Å². The van der Waals surface area contributed by atoms with Crippen molar-refractivity contribution in [1.82, 2.24) is 9.80 Å². The first-order chi connectivity index (χ1) is 13.0. The summed E-state index contributed by atoms with van der Waals surface area (Å²) in [5.41, 5.74) is 3.12. The number of likely N-dealkylation sites (tertiary alicyclic amines) is 2. The lowest BCUT2D eigenvalue weighted by molar-refractivity contribution is -0.137. The van der Waals surface area contributed by atoms with Gasteiger partial charge in [-0.1, -0.05) is 25.0 Å². The number of anilines is 1. The van der Waals surface area contributed by atoms with Crippen molar-refractivity contribution in [2.24, 2.45) is 5.92 Å². The number of rotatable bonds is 4. The van der Waals surface area contributed by atoms with Crippen LogP contribution in [0.5, 0.6) is 0 Å². The second kappa shape index (κ2) is 9.36. The smallest absolute Gasteiger partial charge is 0.238 e. The maximum atomic E-state index is 12.8. The number of carbonyl (C=O) groups is 2. The molecular weight excluding hydrogens is 338 g/mol. The molecule has 3 rings (SSSR count).